The molecular weight excluding hydrogens is 292 g/mol. The van der Waals surface area contributed by atoms with Gasteiger partial charge in [0, 0.05) is 17.4 Å². The van der Waals surface area contributed by atoms with Crippen molar-refractivity contribution in [3.8, 4) is 11.1 Å². The van der Waals surface area contributed by atoms with Crippen LogP contribution in [0.15, 0.2) is 53.4 Å². The molecule has 0 bridgehead atoms. The minimum atomic E-state index is -3.41. The molecule has 0 saturated carbocycles. The van der Waals surface area contributed by atoms with Crippen LogP contribution in [0.2, 0.25) is 0 Å². The zero-order chi connectivity index (χ0) is 14.8. The Bertz CT molecular complexity index is 735. The van der Waals surface area contributed by atoms with Crippen LogP contribution in [0.4, 0.5) is 0 Å². The van der Waals surface area contributed by atoms with E-state index in [1.165, 1.54) is 6.07 Å². The summed E-state index contributed by atoms with van der Waals surface area (Å²) < 4.78 is 23.9. The van der Waals surface area contributed by atoms with Crippen LogP contribution in [-0.4, -0.2) is 26.0 Å². The van der Waals surface area contributed by atoms with Crippen LogP contribution in [0.1, 0.15) is 10.4 Å². The van der Waals surface area contributed by atoms with Crippen LogP contribution < -0.4 is 0 Å². The number of benzene rings is 2. The van der Waals surface area contributed by atoms with Crippen molar-refractivity contribution in [1.82, 2.24) is 0 Å². The van der Waals surface area contributed by atoms with Crippen molar-refractivity contribution in [3.05, 3.63) is 54.1 Å². The Morgan fingerprint density at radius 2 is 1.70 bits per heavy atom. The number of carbonyl (C=O) groups is 1. The molecular formula is C15H14O3S2. The Hall–Kier alpha value is -1.59. The molecule has 0 heterocycles. The first-order valence-electron chi connectivity index (χ1n) is 5.91. The molecule has 2 aromatic carbocycles. The predicted octanol–water partition coefficient (Wildman–Crippen LogP) is 3.26. The van der Waals surface area contributed by atoms with Crippen LogP contribution in [0.25, 0.3) is 11.1 Å². The van der Waals surface area contributed by atoms with E-state index in [-0.39, 0.29) is 10.0 Å². The zero-order valence-corrected chi connectivity index (χ0v) is 12.8. The largest absolute Gasteiger partial charge is 0.282 e. The van der Waals surface area contributed by atoms with E-state index in [4.69, 9.17) is 0 Å². The molecule has 0 spiro atoms. The lowest BCUT2D eigenvalue weighted by molar-refractivity contribution is 0.108. The minimum Gasteiger partial charge on any atom is -0.282 e. The summed E-state index contributed by atoms with van der Waals surface area (Å²) >= 11 is 1.07. The van der Waals surface area contributed by atoms with Gasteiger partial charge in [0.25, 0.3) is 0 Å². The molecule has 0 unspecified atom stereocenters. The van der Waals surface area contributed by atoms with Crippen molar-refractivity contribution in [3.63, 3.8) is 0 Å². The fourth-order valence-electron chi connectivity index (χ4n) is 1.93. The summed E-state index contributed by atoms with van der Waals surface area (Å²) in [6.45, 7) is 0. The monoisotopic (exact) mass is 306 g/mol. The van der Waals surface area contributed by atoms with E-state index in [0.717, 1.165) is 23.6 Å². The van der Waals surface area contributed by atoms with Crippen LogP contribution in [0.5, 0.6) is 0 Å². The highest BCUT2D eigenvalue weighted by molar-refractivity contribution is 8.13. The van der Waals surface area contributed by atoms with Gasteiger partial charge >= 0.3 is 0 Å². The Morgan fingerprint density at radius 3 is 2.25 bits per heavy atom. The SMILES string of the molecule is CSC(=O)c1ccc(-c2ccccc2)c(S(C)(=O)=O)c1. The normalized spacial score (nSPS) is 11.3. The molecule has 0 aliphatic carbocycles. The molecule has 104 valence electrons. The maximum absolute atomic E-state index is 12.0. The molecule has 2 rings (SSSR count). The third kappa shape index (κ3) is 3.11. The molecule has 0 saturated heterocycles. The Labute approximate surface area is 122 Å². The van der Waals surface area contributed by atoms with Gasteiger partial charge in [-0.2, -0.15) is 0 Å². The molecule has 0 amide bonds. The highest BCUT2D eigenvalue weighted by Crippen LogP contribution is 2.29. The summed E-state index contributed by atoms with van der Waals surface area (Å²) in [5.74, 6) is 0. The van der Waals surface area contributed by atoms with Gasteiger partial charge in [0.05, 0.1) is 4.90 Å². The standard InChI is InChI=1S/C15H14O3S2/c1-19-15(16)12-8-9-13(11-6-4-3-5-7-11)14(10-12)20(2,17)18/h3-10H,1-2H3. The predicted molar refractivity (Wildman–Crippen MR) is 82.8 cm³/mol. The lowest BCUT2D eigenvalue weighted by atomic mass is 10.0. The summed E-state index contributed by atoms with van der Waals surface area (Å²) in [6, 6.07) is 14.1. The highest BCUT2D eigenvalue weighted by atomic mass is 32.2. The molecule has 0 N–H and O–H groups in total. The molecule has 5 heteroatoms. The van der Waals surface area contributed by atoms with E-state index < -0.39 is 9.84 Å². The summed E-state index contributed by atoms with van der Waals surface area (Å²) in [7, 11) is -3.41. The first kappa shape index (κ1) is 14.8. The lowest BCUT2D eigenvalue weighted by Crippen LogP contribution is -2.03. The maximum Gasteiger partial charge on any atom is 0.219 e. The second-order valence-corrected chi connectivity index (χ2v) is 7.10. The van der Waals surface area contributed by atoms with Crippen LogP contribution >= 0.6 is 11.8 Å². The van der Waals surface area contributed by atoms with Gasteiger partial charge in [-0.1, -0.05) is 48.2 Å². The van der Waals surface area contributed by atoms with Crippen molar-refractivity contribution >= 4 is 26.7 Å². The van der Waals surface area contributed by atoms with E-state index in [1.54, 1.807) is 18.4 Å². The van der Waals surface area contributed by atoms with Crippen LogP contribution in [0, 0.1) is 0 Å². The summed E-state index contributed by atoms with van der Waals surface area (Å²) in [4.78, 5) is 11.9. The number of sulfone groups is 1. The topological polar surface area (TPSA) is 51.2 Å². The van der Waals surface area contributed by atoms with Crippen molar-refractivity contribution in [1.29, 1.82) is 0 Å². The fourth-order valence-corrected chi connectivity index (χ4v) is 3.22. The van der Waals surface area contributed by atoms with Gasteiger partial charge in [0.15, 0.2) is 9.84 Å². The van der Waals surface area contributed by atoms with Gasteiger partial charge in [-0.15, -0.1) is 0 Å². The highest BCUT2D eigenvalue weighted by Gasteiger charge is 2.17. The molecule has 0 radical (unpaired) electrons. The van der Waals surface area contributed by atoms with Gasteiger partial charge in [0.1, 0.15) is 0 Å². The number of carbonyl (C=O) groups excluding carboxylic acids is 1. The van der Waals surface area contributed by atoms with Gasteiger partial charge in [-0.3, -0.25) is 4.79 Å². The number of hydrogen-bond donors (Lipinski definition) is 0. The maximum atomic E-state index is 12.0. The number of rotatable bonds is 3. The molecule has 0 atom stereocenters. The Kier molecular flexibility index (Phi) is 4.30. The van der Waals surface area contributed by atoms with Gasteiger partial charge in [-0.25, -0.2) is 8.42 Å². The van der Waals surface area contributed by atoms with Crippen LogP contribution in [0.3, 0.4) is 0 Å². The second-order valence-electron chi connectivity index (χ2n) is 4.34. The third-order valence-electron chi connectivity index (χ3n) is 2.89. The lowest BCUT2D eigenvalue weighted by Gasteiger charge is -2.10. The Morgan fingerprint density at radius 1 is 1.05 bits per heavy atom. The molecule has 0 fully saturated rings. The first-order valence-corrected chi connectivity index (χ1v) is 9.03. The number of hydrogen-bond acceptors (Lipinski definition) is 4. The zero-order valence-electron chi connectivity index (χ0n) is 11.2. The van der Waals surface area contributed by atoms with Crippen molar-refractivity contribution in [2.24, 2.45) is 0 Å². The van der Waals surface area contributed by atoms with Crippen molar-refractivity contribution in [2.75, 3.05) is 12.5 Å². The first-order chi connectivity index (χ1) is 9.43. The summed E-state index contributed by atoms with van der Waals surface area (Å²) in [6.07, 6.45) is 2.83. The summed E-state index contributed by atoms with van der Waals surface area (Å²) in [5, 5.41) is -0.144. The van der Waals surface area contributed by atoms with Crippen molar-refractivity contribution < 1.29 is 13.2 Å². The molecule has 0 aromatic heterocycles. The van der Waals surface area contributed by atoms with E-state index in [9.17, 15) is 13.2 Å². The smallest absolute Gasteiger partial charge is 0.219 e. The van der Waals surface area contributed by atoms with Crippen LogP contribution in [-0.2, 0) is 9.84 Å². The molecule has 2 aromatic rings. The van der Waals surface area contributed by atoms with E-state index in [2.05, 4.69) is 0 Å². The second kappa shape index (κ2) is 5.81. The summed E-state index contributed by atoms with van der Waals surface area (Å²) in [5.41, 5.74) is 1.83. The van der Waals surface area contributed by atoms with E-state index in [0.29, 0.717) is 11.1 Å². The van der Waals surface area contributed by atoms with Gasteiger partial charge < -0.3 is 0 Å². The average Bonchev–Trinajstić information content (AvgIpc) is 2.46. The molecule has 0 aliphatic rings. The quantitative estimate of drug-likeness (QED) is 0.873. The Balaban J connectivity index is 2.68. The van der Waals surface area contributed by atoms with Gasteiger partial charge in [-0.05, 0) is 24.0 Å². The third-order valence-corrected chi connectivity index (χ3v) is 4.63. The fraction of sp³-hybridized carbons (Fsp3) is 0.133. The van der Waals surface area contributed by atoms with Crippen molar-refractivity contribution in [2.45, 2.75) is 4.90 Å². The number of thioether (sulfide) groups is 1. The van der Waals surface area contributed by atoms with Gasteiger partial charge in [0.2, 0.25) is 5.12 Å². The molecule has 3 nitrogen and oxygen atoms in total. The minimum absolute atomic E-state index is 0.144. The molecule has 20 heavy (non-hydrogen) atoms. The molecule has 0 aliphatic heterocycles. The van der Waals surface area contributed by atoms with E-state index in [1.807, 2.05) is 30.3 Å². The van der Waals surface area contributed by atoms with E-state index >= 15 is 0 Å². The average molecular weight is 306 g/mol.